The number of hydrogen-bond donors (Lipinski definition) is 1. The van der Waals surface area contributed by atoms with Gasteiger partial charge in [0.2, 0.25) is 5.91 Å². The van der Waals surface area contributed by atoms with Gasteiger partial charge in [0, 0.05) is 22.9 Å². The summed E-state index contributed by atoms with van der Waals surface area (Å²) in [6.45, 7) is 0. The van der Waals surface area contributed by atoms with Crippen molar-refractivity contribution in [1.82, 2.24) is 9.88 Å². The summed E-state index contributed by atoms with van der Waals surface area (Å²) in [5, 5.41) is 3.98. The highest BCUT2D eigenvalue weighted by Crippen LogP contribution is 2.46. The Bertz CT molecular complexity index is 1490. The van der Waals surface area contributed by atoms with Crippen molar-refractivity contribution in [3.8, 4) is 11.5 Å². The average molecular weight is 514 g/mol. The Morgan fingerprint density at radius 2 is 1.70 bits per heavy atom. The van der Waals surface area contributed by atoms with Gasteiger partial charge in [0.25, 0.3) is 5.91 Å². The van der Waals surface area contributed by atoms with E-state index < -0.39 is 12.0 Å². The second-order valence-corrected chi connectivity index (χ2v) is 9.69. The molecule has 1 N–H and O–H groups in total. The normalized spacial score (nSPS) is 16.9. The third-order valence-corrected chi connectivity index (χ3v) is 7.52. The predicted molar refractivity (Wildman–Crippen MR) is 146 cm³/mol. The zero-order valence-electron chi connectivity index (χ0n) is 21.0. The fourth-order valence-electron chi connectivity index (χ4n) is 4.91. The number of nitrogens with zero attached hydrogens (tertiary/aromatic N) is 2. The van der Waals surface area contributed by atoms with Gasteiger partial charge >= 0.3 is 0 Å². The molecule has 7 nitrogen and oxygen atoms in total. The number of carbonyl (C=O) groups excluding carboxylic acids is 2. The molecule has 0 bridgehead atoms. The molecule has 188 valence electrons. The van der Waals surface area contributed by atoms with Gasteiger partial charge in [0.15, 0.2) is 11.5 Å². The number of amides is 2. The van der Waals surface area contributed by atoms with E-state index in [9.17, 15) is 9.59 Å². The quantitative estimate of drug-likeness (QED) is 0.342. The Labute approximate surface area is 219 Å². The summed E-state index contributed by atoms with van der Waals surface area (Å²) in [5.41, 5.74) is 3.30. The van der Waals surface area contributed by atoms with Gasteiger partial charge < -0.3 is 19.7 Å². The van der Waals surface area contributed by atoms with Crippen molar-refractivity contribution in [2.45, 2.75) is 16.9 Å². The van der Waals surface area contributed by atoms with E-state index in [-0.39, 0.29) is 11.8 Å². The number of hydrogen-bond acceptors (Lipinski definition) is 6. The number of para-hydroxylation sites is 1. The number of thioether (sulfide) groups is 1. The molecule has 8 heteroatoms. The highest BCUT2D eigenvalue weighted by molar-refractivity contribution is 7.98. The minimum atomic E-state index is -0.705. The first kappa shape index (κ1) is 24.6. The number of methoxy groups -OCH3 is 2. The zero-order chi connectivity index (χ0) is 26.1. The van der Waals surface area contributed by atoms with Gasteiger partial charge in [-0.1, -0.05) is 30.3 Å². The van der Waals surface area contributed by atoms with E-state index in [1.165, 1.54) is 14.2 Å². The molecule has 0 unspecified atom stereocenters. The van der Waals surface area contributed by atoms with Gasteiger partial charge in [-0.25, -0.2) is 0 Å². The van der Waals surface area contributed by atoms with Gasteiger partial charge in [-0.3, -0.25) is 14.6 Å². The summed E-state index contributed by atoms with van der Waals surface area (Å²) in [4.78, 5) is 34.8. The third kappa shape index (κ3) is 4.49. The van der Waals surface area contributed by atoms with Crippen LogP contribution in [0.4, 0.5) is 5.69 Å². The van der Waals surface area contributed by atoms with E-state index in [0.29, 0.717) is 28.3 Å². The maximum Gasteiger partial charge on any atom is 0.254 e. The van der Waals surface area contributed by atoms with Gasteiger partial charge in [0.05, 0.1) is 43.6 Å². The lowest BCUT2D eigenvalue weighted by molar-refractivity contribution is -0.119. The Morgan fingerprint density at radius 3 is 2.41 bits per heavy atom. The number of rotatable bonds is 6. The summed E-state index contributed by atoms with van der Waals surface area (Å²) in [5.74, 6) is -0.247. The van der Waals surface area contributed by atoms with E-state index in [0.717, 1.165) is 21.4 Å². The molecule has 1 aliphatic heterocycles. The molecule has 1 aromatic heterocycles. The standard InChI is InChI=1S/C29H27N3O4S/c1-32-27(17-9-11-20(37-4)12-10-17)26(21-14-24(35-2)25(36-3)15-22(21)29(32)34)28(33)31-19-13-18-7-5-6-8-23(18)30-16-19/h5-16,26-27H,1-4H3,(H,31,33)/t26-,27-/m1/s1. The van der Waals surface area contributed by atoms with Gasteiger partial charge in [-0.05, 0) is 53.8 Å². The molecule has 0 spiro atoms. The highest BCUT2D eigenvalue weighted by atomic mass is 32.2. The number of aromatic nitrogens is 1. The maximum atomic E-state index is 14.0. The number of pyridine rings is 1. The first-order valence-electron chi connectivity index (χ1n) is 11.8. The van der Waals surface area contributed by atoms with Crippen LogP contribution in [0, 0.1) is 0 Å². The molecule has 0 saturated carbocycles. The molecule has 2 atom stereocenters. The molecule has 1 aliphatic rings. The van der Waals surface area contributed by atoms with Crippen LogP contribution in [0.25, 0.3) is 10.9 Å². The Kier molecular flexibility index (Phi) is 6.76. The molecule has 4 aromatic rings. The lowest BCUT2D eigenvalue weighted by Crippen LogP contribution is -2.44. The minimum absolute atomic E-state index is 0.189. The largest absolute Gasteiger partial charge is 0.493 e. The smallest absolute Gasteiger partial charge is 0.254 e. The van der Waals surface area contributed by atoms with Crippen molar-refractivity contribution in [2.75, 3.05) is 32.8 Å². The molecule has 0 fully saturated rings. The van der Waals surface area contributed by atoms with E-state index in [1.54, 1.807) is 42.0 Å². The molecule has 37 heavy (non-hydrogen) atoms. The fraction of sp³-hybridized carbons (Fsp3) is 0.207. The summed E-state index contributed by atoms with van der Waals surface area (Å²) in [7, 11) is 4.79. The van der Waals surface area contributed by atoms with Crippen LogP contribution in [0.1, 0.15) is 33.4 Å². The third-order valence-electron chi connectivity index (χ3n) is 6.77. The van der Waals surface area contributed by atoms with Crippen LogP contribution in [-0.4, -0.2) is 49.2 Å². The highest BCUT2D eigenvalue weighted by Gasteiger charge is 2.43. The first-order chi connectivity index (χ1) is 17.9. The monoisotopic (exact) mass is 513 g/mol. The van der Waals surface area contributed by atoms with E-state index in [1.807, 2.05) is 60.9 Å². The molecule has 2 amide bonds. The lowest BCUT2D eigenvalue weighted by Gasteiger charge is -2.40. The molecule has 0 saturated heterocycles. The number of nitrogens with one attached hydrogen (secondary N) is 1. The van der Waals surface area contributed by atoms with E-state index in [2.05, 4.69) is 10.3 Å². The predicted octanol–water partition coefficient (Wildman–Crippen LogP) is 5.52. The fourth-order valence-corrected chi connectivity index (χ4v) is 5.32. The Morgan fingerprint density at radius 1 is 1.00 bits per heavy atom. The van der Waals surface area contributed by atoms with E-state index in [4.69, 9.17) is 9.47 Å². The van der Waals surface area contributed by atoms with Crippen LogP contribution in [0.15, 0.2) is 77.8 Å². The van der Waals surface area contributed by atoms with Crippen LogP contribution in [-0.2, 0) is 4.79 Å². The number of fused-ring (bicyclic) bond motifs is 2. The van der Waals surface area contributed by atoms with Gasteiger partial charge in [0.1, 0.15) is 0 Å². The summed E-state index contributed by atoms with van der Waals surface area (Å²) < 4.78 is 11.0. The van der Waals surface area contributed by atoms with Crippen LogP contribution < -0.4 is 14.8 Å². The van der Waals surface area contributed by atoms with Crippen molar-refractivity contribution >= 4 is 40.2 Å². The summed E-state index contributed by atoms with van der Waals surface area (Å²) in [6, 6.07) is 20.5. The Balaban J connectivity index is 1.63. The molecule has 2 heterocycles. The number of ether oxygens (including phenoxy) is 2. The molecular formula is C29H27N3O4S. The number of anilines is 1. The first-order valence-corrected chi connectivity index (χ1v) is 13.0. The van der Waals surface area contributed by atoms with Crippen molar-refractivity contribution in [3.05, 3.63) is 89.6 Å². The number of carbonyl (C=O) groups is 2. The van der Waals surface area contributed by atoms with Crippen molar-refractivity contribution < 1.29 is 19.1 Å². The molecule has 0 radical (unpaired) electrons. The zero-order valence-corrected chi connectivity index (χ0v) is 21.8. The van der Waals surface area contributed by atoms with Crippen molar-refractivity contribution in [3.63, 3.8) is 0 Å². The van der Waals surface area contributed by atoms with Crippen molar-refractivity contribution in [2.24, 2.45) is 0 Å². The SMILES string of the molecule is COc1cc2c(cc1OC)[C@@H](C(=O)Nc1cnc3ccccc3c1)[C@@H](c1ccc(SC)cc1)N(C)C2=O. The summed E-state index contributed by atoms with van der Waals surface area (Å²) >= 11 is 1.64. The van der Waals surface area contributed by atoms with Crippen LogP contribution in [0.3, 0.4) is 0 Å². The van der Waals surface area contributed by atoms with Crippen LogP contribution >= 0.6 is 11.8 Å². The van der Waals surface area contributed by atoms with Crippen LogP contribution in [0.5, 0.6) is 11.5 Å². The topological polar surface area (TPSA) is 80.8 Å². The molecular weight excluding hydrogens is 486 g/mol. The Hall–Kier alpha value is -4.04. The molecule has 0 aliphatic carbocycles. The second-order valence-electron chi connectivity index (χ2n) is 8.81. The second kappa shape index (κ2) is 10.1. The molecule has 5 rings (SSSR count). The maximum absolute atomic E-state index is 14.0. The van der Waals surface area contributed by atoms with Gasteiger partial charge in [-0.2, -0.15) is 0 Å². The van der Waals surface area contributed by atoms with Crippen molar-refractivity contribution in [1.29, 1.82) is 0 Å². The van der Waals surface area contributed by atoms with Crippen LogP contribution in [0.2, 0.25) is 0 Å². The lowest BCUT2D eigenvalue weighted by atomic mass is 9.79. The van der Waals surface area contributed by atoms with Gasteiger partial charge in [-0.15, -0.1) is 11.8 Å². The van der Waals surface area contributed by atoms with E-state index >= 15 is 0 Å². The number of benzene rings is 3. The number of likely N-dealkylation sites (N-methyl/N-ethyl adjacent to an activating group) is 1. The average Bonchev–Trinajstić information content (AvgIpc) is 2.94. The summed E-state index contributed by atoms with van der Waals surface area (Å²) in [6.07, 6.45) is 3.66. The minimum Gasteiger partial charge on any atom is -0.493 e. The molecule has 3 aromatic carbocycles.